The first kappa shape index (κ1) is 16.5. The number of furan rings is 1. The van der Waals surface area contributed by atoms with Crippen LogP contribution in [0, 0.1) is 5.41 Å². The van der Waals surface area contributed by atoms with Crippen molar-refractivity contribution >= 4 is 31.9 Å². The number of ether oxygens (including phenoxy) is 1. The largest absolute Gasteiger partial charge is 0.475 e. The zero-order valence-corrected chi connectivity index (χ0v) is 13.8. The molecule has 0 spiro atoms. The molecule has 0 aliphatic carbocycles. The molecule has 0 amide bonds. The number of halogens is 1. The van der Waals surface area contributed by atoms with Crippen LogP contribution in [0.15, 0.2) is 20.0 Å². The lowest BCUT2D eigenvalue weighted by atomic mass is 9.83. The molecule has 118 valence electrons. The van der Waals surface area contributed by atoms with E-state index in [0.29, 0.717) is 13.2 Å². The second kappa shape index (κ2) is 6.07. The van der Waals surface area contributed by atoms with Crippen LogP contribution in [-0.2, 0) is 14.8 Å². The first-order valence-electron chi connectivity index (χ1n) is 6.34. The lowest BCUT2D eigenvalue weighted by Crippen LogP contribution is -2.39. The minimum atomic E-state index is -3.84. The average Bonchev–Trinajstić information content (AvgIpc) is 2.81. The molecule has 0 aromatic carbocycles. The van der Waals surface area contributed by atoms with Crippen molar-refractivity contribution in [2.75, 3.05) is 19.8 Å². The van der Waals surface area contributed by atoms with Crippen LogP contribution in [-0.4, -0.2) is 39.3 Å². The summed E-state index contributed by atoms with van der Waals surface area (Å²) in [4.78, 5) is 10.6. The number of sulfonamides is 1. The summed E-state index contributed by atoms with van der Waals surface area (Å²) in [6.07, 6.45) is 1.53. The van der Waals surface area contributed by atoms with Crippen molar-refractivity contribution < 1.29 is 27.5 Å². The fourth-order valence-corrected chi connectivity index (χ4v) is 4.17. The maximum absolute atomic E-state index is 12.2. The Hall–Kier alpha value is -0.900. The molecule has 1 aliphatic heterocycles. The van der Waals surface area contributed by atoms with Gasteiger partial charge < -0.3 is 14.3 Å². The van der Waals surface area contributed by atoms with Gasteiger partial charge in [0.25, 0.3) is 0 Å². The van der Waals surface area contributed by atoms with Crippen molar-refractivity contribution in [2.24, 2.45) is 5.41 Å². The van der Waals surface area contributed by atoms with E-state index >= 15 is 0 Å². The molecule has 21 heavy (non-hydrogen) atoms. The van der Waals surface area contributed by atoms with Crippen molar-refractivity contribution in [1.82, 2.24) is 4.72 Å². The van der Waals surface area contributed by atoms with Gasteiger partial charge in [-0.2, -0.15) is 0 Å². The lowest BCUT2D eigenvalue weighted by Gasteiger charge is -2.33. The molecule has 1 aromatic heterocycles. The molecule has 0 saturated carbocycles. The summed E-state index contributed by atoms with van der Waals surface area (Å²) in [7, 11) is -3.84. The van der Waals surface area contributed by atoms with Crippen LogP contribution in [0.25, 0.3) is 0 Å². The van der Waals surface area contributed by atoms with Gasteiger partial charge in [-0.3, -0.25) is 0 Å². The Balaban J connectivity index is 2.13. The van der Waals surface area contributed by atoms with Gasteiger partial charge in [-0.05, 0) is 34.2 Å². The number of carbonyl (C=O) groups is 1. The van der Waals surface area contributed by atoms with Crippen molar-refractivity contribution in [3.8, 4) is 0 Å². The summed E-state index contributed by atoms with van der Waals surface area (Å²) in [5, 5.41) is 8.82. The van der Waals surface area contributed by atoms with E-state index in [1.165, 1.54) is 0 Å². The predicted octanol–water partition coefficient (Wildman–Crippen LogP) is 1.84. The molecule has 2 heterocycles. The third kappa shape index (κ3) is 3.85. The molecule has 2 N–H and O–H groups in total. The zero-order valence-electron chi connectivity index (χ0n) is 11.4. The summed E-state index contributed by atoms with van der Waals surface area (Å²) < 4.78 is 37.0. The molecule has 1 aliphatic rings. The zero-order chi connectivity index (χ0) is 15.7. The van der Waals surface area contributed by atoms with Crippen LogP contribution in [0.3, 0.4) is 0 Å². The van der Waals surface area contributed by atoms with Crippen LogP contribution >= 0.6 is 15.9 Å². The Morgan fingerprint density at radius 3 is 2.62 bits per heavy atom. The minimum absolute atomic E-state index is 0.121. The molecule has 1 aromatic rings. The number of hydrogen-bond donors (Lipinski definition) is 2. The highest BCUT2D eigenvalue weighted by molar-refractivity contribution is 9.10. The Labute approximate surface area is 130 Å². The quantitative estimate of drug-likeness (QED) is 0.805. The topological polar surface area (TPSA) is 106 Å². The molecule has 1 saturated heterocycles. The second-order valence-electron chi connectivity index (χ2n) is 5.30. The SMILES string of the molecule is CC1(CNS(=O)(=O)c2cc(C(=O)O)oc2Br)CCOCC1. The van der Waals surface area contributed by atoms with Crippen molar-refractivity contribution in [2.45, 2.75) is 24.7 Å². The van der Waals surface area contributed by atoms with E-state index in [4.69, 9.17) is 14.3 Å². The molecule has 0 atom stereocenters. The lowest BCUT2D eigenvalue weighted by molar-refractivity contribution is 0.0264. The van der Waals surface area contributed by atoms with E-state index in [0.717, 1.165) is 18.9 Å². The Kier molecular flexibility index (Phi) is 4.76. The van der Waals surface area contributed by atoms with Gasteiger partial charge in [0.2, 0.25) is 15.8 Å². The Morgan fingerprint density at radius 1 is 1.48 bits per heavy atom. The molecule has 0 unspecified atom stereocenters. The van der Waals surface area contributed by atoms with Gasteiger partial charge in [0.05, 0.1) is 0 Å². The summed E-state index contributed by atoms with van der Waals surface area (Å²) in [5.74, 6) is -1.76. The first-order valence-corrected chi connectivity index (χ1v) is 8.61. The molecule has 2 rings (SSSR count). The summed E-state index contributed by atoms with van der Waals surface area (Å²) in [6.45, 7) is 3.47. The maximum Gasteiger partial charge on any atom is 0.371 e. The van der Waals surface area contributed by atoms with Crippen molar-refractivity contribution in [3.63, 3.8) is 0 Å². The molecule has 9 heteroatoms. The van der Waals surface area contributed by atoms with Gasteiger partial charge in [0.1, 0.15) is 4.90 Å². The highest BCUT2D eigenvalue weighted by atomic mass is 79.9. The van der Waals surface area contributed by atoms with Gasteiger partial charge >= 0.3 is 5.97 Å². The van der Waals surface area contributed by atoms with Crippen LogP contribution in [0.5, 0.6) is 0 Å². The number of hydrogen-bond acceptors (Lipinski definition) is 5. The molecule has 1 fully saturated rings. The summed E-state index contributed by atoms with van der Waals surface area (Å²) in [5.41, 5.74) is -0.169. The van der Waals surface area contributed by atoms with Crippen LogP contribution in [0.1, 0.15) is 30.3 Å². The smallest absolute Gasteiger partial charge is 0.371 e. The van der Waals surface area contributed by atoms with E-state index in [9.17, 15) is 13.2 Å². The van der Waals surface area contributed by atoms with Gasteiger partial charge in [0, 0.05) is 25.8 Å². The van der Waals surface area contributed by atoms with Crippen molar-refractivity contribution in [1.29, 1.82) is 0 Å². The molecule has 0 bridgehead atoms. The van der Waals surface area contributed by atoms with E-state index in [2.05, 4.69) is 20.7 Å². The third-order valence-corrected chi connectivity index (χ3v) is 5.80. The molecule has 0 radical (unpaired) electrons. The fourth-order valence-electron chi connectivity index (χ4n) is 2.03. The Bertz CT molecular complexity index is 632. The van der Waals surface area contributed by atoms with E-state index in [1.54, 1.807) is 0 Å². The second-order valence-corrected chi connectivity index (χ2v) is 7.76. The highest BCUT2D eigenvalue weighted by Crippen LogP contribution is 2.30. The van der Waals surface area contributed by atoms with Crippen LogP contribution < -0.4 is 4.72 Å². The van der Waals surface area contributed by atoms with E-state index < -0.39 is 21.8 Å². The predicted molar refractivity (Wildman–Crippen MR) is 76.7 cm³/mol. The van der Waals surface area contributed by atoms with Gasteiger partial charge in [-0.1, -0.05) is 6.92 Å². The number of carboxylic acids is 1. The number of nitrogens with one attached hydrogen (secondary N) is 1. The number of aromatic carboxylic acids is 1. The molecule has 7 nitrogen and oxygen atoms in total. The van der Waals surface area contributed by atoms with Gasteiger partial charge in [-0.25, -0.2) is 17.9 Å². The van der Waals surface area contributed by atoms with E-state index in [1.807, 2.05) is 6.92 Å². The number of carboxylic acid groups (broad SMARTS) is 1. The minimum Gasteiger partial charge on any atom is -0.475 e. The van der Waals surface area contributed by atoms with Gasteiger partial charge in [0.15, 0.2) is 4.67 Å². The fraction of sp³-hybridized carbons (Fsp3) is 0.583. The number of rotatable bonds is 5. The molecular weight excluding hydrogens is 366 g/mol. The Morgan fingerprint density at radius 2 is 2.10 bits per heavy atom. The summed E-state index contributed by atoms with van der Waals surface area (Å²) >= 11 is 2.93. The van der Waals surface area contributed by atoms with Crippen LogP contribution in [0.4, 0.5) is 0 Å². The normalized spacial score (nSPS) is 18.6. The van der Waals surface area contributed by atoms with Gasteiger partial charge in [-0.15, -0.1) is 0 Å². The highest BCUT2D eigenvalue weighted by Gasteiger charge is 2.31. The first-order chi connectivity index (χ1) is 9.73. The van der Waals surface area contributed by atoms with Crippen molar-refractivity contribution in [3.05, 3.63) is 16.5 Å². The molecular formula is C12H16BrNO6S. The summed E-state index contributed by atoms with van der Waals surface area (Å²) in [6, 6.07) is 0.987. The monoisotopic (exact) mass is 381 g/mol. The average molecular weight is 382 g/mol. The van der Waals surface area contributed by atoms with Crippen LogP contribution in [0.2, 0.25) is 0 Å². The standard InChI is InChI=1S/C12H16BrNO6S/c1-12(2-4-19-5-3-12)7-14-21(17,18)9-6-8(11(15)16)20-10(9)13/h6,14H,2-5,7H2,1H3,(H,15,16). The maximum atomic E-state index is 12.2. The third-order valence-electron chi connectivity index (χ3n) is 3.54. The van der Waals surface area contributed by atoms with E-state index in [-0.39, 0.29) is 21.5 Å².